The molecule has 0 amide bonds. The average molecular weight is 1440 g/mol. The Labute approximate surface area is 612 Å². The molecule has 0 saturated carbocycles. The lowest BCUT2D eigenvalue weighted by Gasteiger charge is -2.31. The van der Waals surface area contributed by atoms with Gasteiger partial charge in [0, 0.05) is 19.6 Å². The number of rotatable bonds is 50. The smallest absolute Gasteiger partial charge is 0.0897 e. The molecule has 6 saturated heterocycles. The zero-order valence-corrected chi connectivity index (χ0v) is 67.4. The molecule has 2 unspecified atom stereocenters. The molecular formula is C76H164N12O12. The summed E-state index contributed by atoms with van der Waals surface area (Å²) in [5, 5.41) is 76.4. The quantitative estimate of drug-likeness (QED) is 0.0379. The summed E-state index contributed by atoms with van der Waals surface area (Å²) >= 11 is 0. The molecule has 0 spiro atoms. The van der Waals surface area contributed by atoms with Crippen molar-refractivity contribution in [1.82, 2.24) is 61.3 Å². The van der Waals surface area contributed by atoms with Gasteiger partial charge < -0.3 is 120 Å². The minimum atomic E-state index is -0.404. The first-order valence-corrected chi connectivity index (χ1v) is 39.7. The molecule has 600 valence electrons. The summed E-state index contributed by atoms with van der Waals surface area (Å²) < 4.78 is 33.1. The minimum absolute atomic E-state index is 0.0608. The molecule has 6 atom stereocenters. The van der Waals surface area contributed by atoms with E-state index < -0.39 is 12.2 Å². The van der Waals surface area contributed by atoms with Crippen molar-refractivity contribution in [2.24, 2.45) is 0 Å². The Morgan fingerprint density at radius 1 is 0.300 bits per heavy atom. The van der Waals surface area contributed by atoms with E-state index in [1.54, 1.807) is 0 Å². The SMILES string of the molecule is CC(C)(C)OCC(O)CNCCCN1CCC1.CC(C)(C)OC[C@@H](CO)NCCCN1CCC1.CC(C)(C)OC[C@H](CO)NCCCN1CCC1.CC(C)(C)OC[C@H](O)CNCCCN1CCC1.CC(C)OCC(CO)NCCCN1CCC1.CC(C)OC[C@@H](O)CNCCCN1CCC1. The Bertz CT molecular complexity index is 1710. The van der Waals surface area contributed by atoms with Crippen LogP contribution in [0.4, 0.5) is 0 Å². The van der Waals surface area contributed by atoms with Crippen molar-refractivity contribution < 1.29 is 59.1 Å². The topological polar surface area (TPSA) is 268 Å². The fraction of sp³-hybridized carbons (Fsp3) is 1.00. The zero-order valence-electron chi connectivity index (χ0n) is 67.4. The van der Waals surface area contributed by atoms with Crippen LogP contribution in [0.2, 0.25) is 0 Å². The molecule has 12 N–H and O–H groups in total. The summed E-state index contributed by atoms with van der Waals surface area (Å²) in [4.78, 5) is 14.8. The molecule has 24 nitrogen and oxygen atoms in total. The van der Waals surface area contributed by atoms with E-state index in [1.165, 1.54) is 156 Å². The second kappa shape index (κ2) is 59.0. The van der Waals surface area contributed by atoms with E-state index >= 15 is 0 Å². The van der Waals surface area contributed by atoms with E-state index in [0.717, 1.165) is 77.8 Å². The first kappa shape index (κ1) is 97.1. The van der Waals surface area contributed by atoms with Crippen LogP contribution in [-0.2, 0) is 28.4 Å². The maximum atomic E-state index is 9.68. The number of aliphatic hydroxyl groups is 6. The van der Waals surface area contributed by atoms with Crippen LogP contribution >= 0.6 is 0 Å². The normalized spacial score (nSPS) is 19.0. The Kier molecular flexibility index (Phi) is 57.3. The molecule has 6 aliphatic rings. The van der Waals surface area contributed by atoms with Crippen LogP contribution in [0.5, 0.6) is 0 Å². The van der Waals surface area contributed by atoms with Crippen molar-refractivity contribution in [3.05, 3.63) is 0 Å². The highest BCUT2D eigenvalue weighted by molar-refractivity contribution is 4.77. The van der Waals surface area contributed by atoms with Crippen molar-refractivity contribution in [2.45, 2.75) is 259 Å². The standard InChI is InChI=1S/4C13H28N2O2.2C12H26N2O2/c2*1-13(2,3)17-11-12(10-16)14-6-4-7-15-8-5-9-15;2*1-13(2,3)17-11-12(16)10-14-6-4-7-15-8-5-9-15;1-11(2)16-10-12(9-15)13-5-3-6-14-7-4-8-14;1-11(2)16-10-12(15)9-13-5-3-6-14-7-4-8-14/h4*12,14,16H,4-11H2,1-3H3;2*11-13,15H,3-10H2,1-2H3/t3*12-;;;12-/m101..0/s1. The van der Waals surface area contributed by atoms with Crippen LogP contribution in [0.3, 0.4) is 0 Å². The predicted octanol–water partition coefficient (Wildman–Crippen LogP) is 4.31. The fourth-order valence-electron chi connectivity index (χ4n) is 10.3. The van der Waals surface area contributed by atoms with E-state index in [-0.39, 0.29) is 78.7 Å². The third kappa shape index (κ3) is 62.1. The van der Waals surface area contributed by atoms with Crippen molar-refractivity contribution in [1.29, 1.82) is 0 Å². The van der Waals surface area contributed by atoms with Gasteiger partial charge in [0.1, 0.15) is 0 Å². The Hall–Kier alpha value is -0.960. The molecular weight excluding hydrogens is 1270 g/mol. The number of nitrogens with one attached hydrogen (secondary N) is 6. The summed E-state index contributed by atoms with van der Waals surface area (Å²) in [5.41, 5.74) is -0.601. The van der Waals surface area contributed by atoms with Crippen LogP contribution in [-0.4, -0.2) is 367 Å². The summed E-state index contributed by atoms with van der Waals surface area (Å²) in [6.07, 6.45) is 14.3. The first-order chi connectivity index (χ1) is 47.4. The molecule has 0 aliphatic carbocycles. The van der Waals surface area contributed by atoms with Crippen molar-refractivity contribution in [2.75, 3.05) is 236 Å². The van der Waals surface area contributed by atoms with Gasteiger partial charge >= 0.3 is 0 Å². The van der Waals surface area contributed by atoms with E-state index in [4.69, 9.17) is 33.5 Å². The lowest BCUT2D eigenvalue weighted by molar-refractivity contribution is -0.0479. The van der Waals surface area contributed by atoms with Gasteiger partial charge in [-0.3, -0.25) is 0 Å². The maximum Gasteiger partial charge on any atom is 0.0897 e. The monoisotopic (exact) mass is 1440 g/mol. The molecule has 0 radical (unpaired) electrons. The van der Waals surface area contributed by atoms with Gasteiger partial charge in [-0.1, -0.05) is 0 Å². The Morgan fingerprint density at radius 3 is 0.720 bits per heavy atom. The van der Waals surface area contributed by atoms with E-state index in [2.05, 4.69) is 61.3 Å². The van der Waals surface area contributed by atoms with Crippen LogP contribution in [0.1, 0.15) is 188 Å². The summed E-state index contributed by atoms with van der Waals surface area (Å²) in [6, 6.07) is 0.204. The van der Waals surface area contributed by atoms with Crippen LogP contribution in [0, 0.1) is 0 Å². The summed E-state index contributed by atoms with van der Waals surface area (Å²) in [7, 11) is 0. The van der Waals surface area contributed by atoms with Gasteiger partial charge in [0.25, 0.3) is 0 Å². The highest BCUT2D eigenvalue weighted by Crippen LogP contribution is 2.13. The maximum absolute atomic E-state index is 9.68. The molecule has 0 aromatic carbocycles. The van der Waals surface area contributed by atoms with Crippen LogP contribution in [0.25, 0.3) is 0 Å². The van der Waals surface area contributed by atoms with E-state index in [1.807, 2.05) is 111 Å². The molecule has 6 rings (SSSR count). The number of aliphatic hydroxyl groups excluding tert-OH is 6. The molecule has 6 fully saturated rings. The molecule has 0 aromatic rings. The van der Waals surface area contributed by atoms with Gasteiger partial charge in [0.15, 0.2) is 0 Å². The molecule has 0 bridgehead atoms. The Balaban J connectivity index is 0.000000600. The summed E-state index contributed by atoms with van der Waals surface area (Å²) in [6.45, 7) is 65.5. The van der Waals surface area contributed by atoms with Crippen molar-refractivity contribution in [3.63, 3.8) is 0 Å². The first-order valence-electron chi connectivity index (χ1n) is 39.7. The second-order valence-corrected chi connectivity index (χ2v) is 32.8. The molecule has 6 heterocycles. The van der Waals surface area contributed by atoms with Crippen molar-refractivity contribution >= 4 is 0 Å². The van der Waals surface area contributed by atoms with E-state index in [0.29, 0.717) is 59.3 Å². The largest absolute Gasteiger partial charge is 0.395 e. The fourth-order valence-corrected chi connectivity index (χ4v) is 10.3. The number of nitrogens with zero attached hydrogens (tertiary/aromatic N) is 6. The zero-order chi connectivity index (χ0) is 74.5. The van der Waals surface area contributed by atoms with Gasteiger partial charge in [0.2, 0.25) is 0 Å². The number of hydrogen-bond acceptors (Lipinski definition) is 24. The Morgan fingerprint density at radius 2 is 0.510 bits per heavy atom. The van der Waals surface area contributed by atoms with Gasteiger partial charge in [0.05, 0.1) is 131 Å². The van der Waals surface area contributed by atoms with Gasteiger partial charge in [-0.2, -0.15) is 0 Å². The molecule has 24 heteroatoms. The van der Waals surface area contributed by atoms with Crippen LogP contribution in [0.15, 0.2) is 0 Å². The molecule has 0 aromatic heterocycles. The lowest BCUT2D eigenvalue weighted by Crippen LogP contribution is -2.42. The third-order valence-corrected chi connectivity index (χ3v) is 17.3. The molecule has 100 heavy (non-hydrogen) atoms. The second-order valence-electron chi connectivity index (χ2n) is 32.8. The van der Waals surface area contributed by atoms with Gasteiger partial charge in [-0.05, 0) is 345 Å². The van der Waals surface area contributed by atoms with E-state index in [9.17, 15) is 25.5 Å². The van der Waals surface area contributed by atoms with Gasteiger partial charge in [-0.15, -0.1) is 0 Å². The average Bonchev–Trinajstić information content (AvgIpc) is 0.972. The lowest BCUT2D eigenvalue weighted by atomic mass is 10.2. The molecule has 6 aliphatic heterocycles. The highest BCUT2D eigenvalue weighted by atomic mass is 16.5. The summed E-state index contributed by atoms with van der Waals surface area (Å²) in [5.74, 6) is 0. The predicted molar refractivity (Wildman–Crippen MR) is 412 cm³/mol. The number of hydrogen-bond donors (Lipinski definition) is 12. The number of likely N-dealkylation sites (tertiary alicyclic amines) is 6. The van der Waals surface area contributed by atoms with Gasteiger partial charge in [-0.25, -0.2) is 0 Å². The third-order valence-electron chi connectivity index (χ3n) is 17.3. The number of ether oxygens (including phenoxy) is 6. The highest BCUT2D eigenvalue weighted by Gasteiger charge is 2.21. The van der Waals surface area contributed by atoms with Crippen molar-refractivity contribution in [3.8, 4) is 0 Å². The minimum Gasteiger partial charge on any atom is -0.395 e. The van der Waals surface area contributed by atoms with Crippen LogP contribution < -0.4 is 31.9 Å².